The topological polar surface area (TPSA) is 38.3 Å². The number of Topliss-reactive ketones (excluding diaryl/α,β-unsaturated/α-hetero) is 1. The van der Waals surface area contributed by atoms with Gasteiger partial charge in [-0.05, 0) is 48.4 Å². The molecule has 0 unspecified atom stereocenters. The molecule has 0 fully saturated rings. The van der Waals surface area contributed by atoms with Gasteiger partial charge < -0.3 is 10.1 Å². The summed E-state index contributed by atoms with van der Waals surface area (Å²) in [6.45, 7) is 2.02. The van der Waals surface area contributed by atoms with Crippen LogP contribution in [0.15, 0.2) is 42.5 Å². The number of halogens is 1. The molecule has 2 aromatic carbocycles. The van der Waals surface area contributed by atoms with Crippen molar-refractivity contribution in [2.45, 2.75) is 13.3 Å². The molecule has 0 spiro atoms. The van der Waals surface area contributed by atoms with Crippen molar-refractivity contribution in [3.63, 3.8) is 0 Å². The number of carbonyl (C=O) groups is 1. The molecule has 0 aliphatic rings. The van der Waals surface area contributed by atoms with Crippen molar-refractivity contribution in [3.8, 4) is 5.75 Å². The third-order valence-electron chi connectivity index (χ3n) is 3.20. The lowest BCUT2D eigenvalue weighted by molar-refractivity contribution is -0.116. The maximum absolute atomic E-state index is 13.0. The van der Waals surface area contributed by atoms with Gasteiger partial charge in [0.25, 0.3) is 0 Å². The molecule has 0 saturated heterocycles. The first-order valence-electron chi connectivity index (χ1n) is 6.73. The summed E-state index contributed by atoms with van der Waals surface area (Å²) in [5, 5.41) is 3.04. The van der Waals surface area contributed by atoms with E-state index in [2.05, 4.69) is 5.32 Å². The fraction of sp³-hybridized carbons (Fsp3) is 0.235. The smallest absolute Gasteiger partial charge is 0.156 e. The number of nitrogens with one attached hydrogen (secondary N) is 1. The molecule has 0 amide bonds. The lowest BCUT2D eigenvalue weighted by Gasteiger charge is -2.09. The number of hydrogen-bond donors (Lipinski definition) is 1. The quantitative estimate of drug-likeness (QED) is 0.885. The zero-order valence-corrected chi connectivity index (χ0v) is 12.2. The van der Waals surface area contributed by atoms with Crippen LogP contribution in [-0.4, -0.2) is 19.4 Å². The molecule has 1 N–H and O–H groups in total. The molecular formula is C17H18FNO2. The average molecular weight is 287 g/mol. The Balaban J connectivity index is 1.92. The van der Waals surface area contributed by atoms with E-state index in [-0.39, 0.29) is 18.1 Å². The van der Waals surface area contributed by atoms with Gasteiger partial charge in [0.1, 0.15) is 11.6 Å². The molecule has 0 aromatic heterocycles. The zero-order chi connectivity index (χ0) is 15.2. The number of benzene rings is 2. The van der Waals surface area contributed by atoms with E-state index >= 15 is 0 Å². The largest absolute Gasteiger partial charge is 0.497 e. The molecule has 2 rings (SSSR count). The summed E-state index contributed by atoms with van der Waals surface area (Å²) in [5.41, 5.74) is 2.47. The van der Waals surface area contributed by atoms with Crippen LogP contribution in [0.25, 0.3) is 0 Å². The number of anilines is 1. The molecule has 4 heteroatoms. The molecule has 0 bridgehead atoms. The van der Waals surface area contributed by atoms with Gasteiger partial charge in [-0.25, -0.2) is 4.39 Å². The van der Waals surface area contributed by atoms with Crippen LogP contribution in [0.5, 0.6) is 5.75 Å². The molecular weight excluding hydrogens is 269 g/mol. The fourth-order valence-electron chi connectivity index (χ4n) is 2.09. The monoisotopic (exact) mass is 287 g/mol. The molecule has 21 heavy (non-hydrogen) atoms. The molecule has 0 aliphatic heterocycles. The van der Waals surface area contributed by atoms with E-state index in [0.29, 0.717) is 6.42 Å². The van der Waals surface area contributed by atoms with Crippen molar-refractivity contribution >= 4 is 11.5 Å². The Labute approximate surface area is 123 Å². The van der Waals surface area contributed by atoms with E-state index < -0.39 is 0 Å². The Morgan fingerprint density at radius 1 is 1.24 bits per heavy atom. The number of ketones is 1. The van der Waals surface area contributed by atoms with Crippen LogP contribution in [0.4, 0.5) is 10.1 Å². The number of hydrogen-bond acceptors (Lipinski definition) is 3. The van der Waals surface area contributed by atoms with Crippen LogP contribution in [0.3, 0.4) is 0 Å². The molecule has 110 valence electrons. The first-order chi connectivity index (χ1) is 10.1. The SMILES string of the molecule is COc1cccc(CC(=O)CNc2ccc(F)cc2C)c1. The molecule has 0 atom stereocenters. The van der Waals surface area contributed by atoms with Crippen LogP contribution in [0, 0.1) is 12.7 Å². The molecule has 2 aromatic rings. The fourth-order valence-corrected chi connectivity index (χ4v) is 2.09. The van der Waals surface area contributed by atoms with Crippen LogP contribution in [0.2, 0.25) is 0 Å². The normalized spacial score (nSPS) is 10.2. The Kier molecular flexibility index (Phi) is 4.93. The lowest BCUT2D eigenvalue weighted by atomic mass is 10.1. The minimum atomic E-state index is -0.277. The van der Waals surface area contributed by atoms with Crippen LogP contribution >= 0.6 is 0 Å². The summed E-state index contributed by atoms with van der Waals surface area (Å²) in [6, 6.07) is 11.9. The van der Waals surface area contributed by atoms with E-state index in [9.17, 15) is 9.18 Å². The Morgan fingerprint density at radius 2 is 2.05 bits per heavy atom. The predicted molar refractivity (Wildman–Crippen MR) is 81.3 cm³/mol. The van der Waals surface area contributed by atoms with Crippen molar-refractivity contribution in [2.75, 3.05) is 19.0 Å². The third kappa shape index (κ3) is 4.31. The predicted octanol–water partition coefficient (Wildman–Crippen LogP) is 3.37. The van der Waals surface area contributed by atoms with Gasteiger partial charge in [0.15, 0.2) is 5.78 Å². The van der Waals surface area contributed by atoms with Crippen molar-refractivity contribution in [1.82, 2.24) is 0 Å². The third-order valence-corrected chi connectivity index (χ3v) is 3.20. The molecule has 0 aliphatic carbocycles. The number of ether oxygens (including phenoxy) is 1. The second-order valence-corrected chi connectivity index (χ2v) is 4.88. The number of aryl methyl sites for hydroxylation is 1. The molecule has 3 nitrogen and oxygen atoms in total. The van der Waals surface area contributed by atoms with Crippen LogP contribution < -0.4 is 10.1 Å². The highest BCUT2D eigenvalue weighted by molar-refractivity contribution is 5.85. The van der Waals surface area contributed by atoms with E-state index in [1.165, 1.54) is 12.1 Å². The lowest BCUT2D eigenvalue weighted by Crippen LogP contribution is -2.16. The number of methoxy groups -OCH3 is 1. The van der Waals surface area contributed by atoms with Crippen molar-refractivity contribution < 1.29 is 13.9 Å². The van der Waals surface area contributed by atoms with Gasteiger partial charge in [-0.15, -0.1) is 0 Å². The van der Waals surface area contributed by atoms with Crippen LogP contribution in [0.1, 0.15) is 11.1 Å². The standard InChI is InChI=1S/C17H18FNO2/c1-12-8-14(18)6-7-17(12)19-11-15(20)9-13-4-3-5-16(10-13)21-2/h3-8,10,19H,9,11H2,1-2H3. The van der Waals surface area contributed by atoms with E-state index in [1.807, 2.05) is 24.3 Å². The highest BCUT2D eigenvalue weighted by Gasteiger charge is 2.06. The van der Waals surface area contributed by atoms with Gasteiger partial charge in [-0.3, -0.25) is 4.79 Å². The summed E-state index contributed by atoms with van der Waals surface area (Å²) in [6.07, 6.45) is 0.338. The number of rotatable bonds is 6. The van der Waals surface area contributed by atoms with Gasteiger partial charge in [-0.1, -0.05) is 12.1 Å². The van der Waals surface area contributed by atoms with E-state index in [0.717, 1.165) is 22.6 Å². The van der Waals surface area contributed by atoms with Gasteiger partial charge >= 0.3 is 0 Å². The number of carbonyl (C=O) groups excluding carboxylic acids is 1. The summed E-state index contributed by atoms with van der Waals surface area (Å²) < 4.78 is 18.1. The highest BCUT2D eigenvalue weighted by atomic mass is 19.1. The molecule has 0 saturated carbocycles. The summed E-state index contributed by atoms with van der Waals surface area (Å²) in [7, 11) is 1.60. The first kappa shape index (κ1) is 15.0. The van der Waals surface area contributed by atoms with Crippen molar-refractivity contribution in [3.05, 3.63) is 59.4 Å². The van der Waals surface area contributed by atoms with E-state index in [1.54, 1.807) is 20.1 Å². The summed E-state index contributed by atoms with van der Waals surface area (Å²) in [4.78, 5) is 12.0. The maximum Gasteiger partial charge on any atom is 0.156 e. The minimum absolute atomic E-state index is 0.0620. The van der Waals surface area contributed by atoms with E-state index in [4.69, 9.17) is 4.74 Å². The Hall–Kier alpha value is -2.36. The van der Waals surface area contributed by atoms with Crippen molar-refractivity contribution in [2.24, 2.45) is 0 Å². The molecule has 0 heterocycles. The molecule has 0 radical (unpaired) electrons. The highest BCUT2D eigenvalue weighted by Crippen LogP contribution is 2.16. The summed E-state index contributed by atoms with van der Waals surface area (Å²) in [5.74, 6) is 0.523. The second kappa shape index (κ2) is 6.88. The van der Waals surface area contributed by atoms with Gasteiger partial charge in [0.2, 0.25) is 0 Å². The Morgan fingerprint density at radius 3 is 2.76 bits per heavy atom. The van der Waals surface area contributed by atoms with Crippen molar-refractivity contribution in [1.29, 1.82) is 0 Å². The van der Waals surface area contributed by atoms with Gasteiger partial charge in [0.05, 0.1) is 13.7 Å². The van der Waals surface area contributed by atoms with Crippen LogP contribution in [-0.2, 0) is 11.2 Å². The Bertz CT molecular complexity index is 640. The van der Waals surface area contributed by atoms with Gasteiger partial charge in [-0.2, -0.15) is 0 Å². The second-order valence-electron chi connectivity index (χ2n) is 4.88. The zero-order valence-electron chi connectivity index (χ0n) is 12.2. The summed E-state index contributed by atoms with van der Waals surface area (Å²) >= 11 is 0. The first-order valence-corrected chi connectivity index (χ1v) is 6.73. The van der Waals surface area contributed by atoms with Gasteiger partial charge in [0, 0.05) is 12.1 Å². The maximum atomic E-state index is 13.0. The minimum Gasteiger partial charge on any atom is -0.497 e. The average Bonchev–Trinajstić information content (AvgIpc) is 2.46.